The van der Waals surface area contributed by atoms with Crippen molar-refractivity contribution in [3.63, 3.8) is 0 Å². The van der Waals surface area contributed by atoms with Gasteiger partial charge in [-0.05, 0) is 24.3 Å². The molecule has 0 radical (unpaired) electrons. The summed E-state index contributed by atoms with van der Waals surface area (Å²) in [5.74, 6) is -1.40. The summed E-state index contributed by atoms with van der Waals surface area (Å²) in [4.78, 5) is 39.5. The van der Waals surface area contributed by atoms with E-state index in [1.165, 1.54) is 24.3 Å². The summed E-state index contributed by atoms with van der Waals surface area (Å²) in [7, 11) is 0. The molecule has 0 saturated carbocycles. The summed E-state index contributed by atoms with van der Waals surface area (Å²) in [6.45, 7) is 1.79. The van der Waals surface area contributed by atoms with E-state index in [4.69, 9.17) is 0 Å². The van der Waals surface area contributed by atoms with Gasteiger partial charge in [0.15, 0.2) is 0 Å². The number of benzene rings is 2. The van der Waals surface area contributed by atoms with E-state index in [2.05, 4.69) is 24.6 Å². The number of rotatable bonds is 3. The van der Waals surface area contributed by atoms with E-state index in [0.717, 1.165) is 0 Å². The quantitative estimate of drug-likeness (QED) is 0.491. The average Bonchev–Trinajstić information content (AvgIpc) is 3.35. The van der Waals surface area contributed by atoms with Crippen LogP contribution in [0.25, 0.3) is 22.3 Å². The Morgan fingerprint density at radius 2 is 1.68 bits per heavy atom. The van der Waals surface area contributed by atoms with Gasteiger partial charge in [-0.25, -0.2) is 4.98 Å². The van der Waals surface area contributed by atoms with Gasteiger partial charge in [-0.15, -0.1) is 0 Å². The normalized spacial score (nSPS) is 14.6. The zero-order chi connectivity index (χ0) is 23.9. The molecule has 174 valence electrons. The van der Waals surface area contributed by atoms with Crippen molar-refractivity contribution in [1.29, 1.82) is 0 Å². The molecule has 1 amide bonds. The number of anilines is 1. The number of hydrogen-bond acceptors (Lipinski definition) is 7. The lowest BCUT2D eigenvalue weighted by Crippen LogP contribution is -2.49. The zero-order valence-electron chi connectivity index (χ0n) is 17.5. The first-order valence-corrected chi connectivity index (χ1v) is 10.3. The number of aromatic amines is 1. The van der Waals surface area contributed by atoms with Crippen molar-refractivity contribution in [2.75, 3.05) is 31.1 Å². The Kier molecular flexibility index (Phi) is 5.27. The average molecular weight is 470 g/mol. The molecule has 1 fully saturated rings. The van der Waals surface area contributed by atoms with Crippen molar-refractivity contribution < 1.29 is 22.5 Å². The van der Waals surface area contributed by atoms with Gasteiger partial charge in [0.25, 0.3) is 11.5 Å². The van der Waals surface area contributed by atoms with Crippen LogP contribution in [0.3, 0.4) is 0 Å². The Morgan fingerprint density at radius 1 is 0.971 bits per heavy atom. The summed E-state index contributed by atoms with van der Waals surface area (Å²) in [6, 6.07) is 13.0. The highest BCUT2D eigenvalue weighted by Gasteiger charge is 2.38. The molecule has 0 unspecified atom stereocenters. The minimum absolute atomic E-state index is 0.211. The molecule has 34 heavy (non-hydrogen) atoms. The van der Waals surface area contributed by atoms with Crippen LogP contribution >= 0.6 is 0 Å². The Morgan fingerprint density at radius 3 is 2.35 bits per heavy atom. The molecular weight excluding hydrogens is 453 g/mol. The van der Waals surface area contributed by atoms with Crippen molar-refractivity contribution in [2.24, 2.45) is 0 Å². The van der Waals surface area contributed by atoms with Gasteiger partial charge in [-0.1, -0.05) is 29.4 Å². The molecule has 1 aliphatic heterocycles. The van der Waals surface area contributed by atoms with E-state index >= 15 is 0 Å². The minimum Gasteiger partial charge on any atom is -0.339 e. The molecular formula is C22H17F3N6O3. The number of hydrogen-bond donors (Lipinski definition) is 1. The second kappa shape index (κ2) is 8.28. The summed E-state index contributed by atoms with van der Waals surface area (Å²) < 4.78 is 42.2. The third-order valence-corrected chi connectivity index (χ3v) is 5.53. The molecule has 2 aromatic heterocycles. The maximum absolute atomic E-state index is 12.9. The van der Waals surface area contributed by atoms with E-state index in [1.807, 2.05) is 11.0 Å². The Balaban J connectivity index is 1.25. The minimum atomic E-state index is -4.72. The van der Waals surface area contributed by atoms with Gasteiger partial charge in [-0.3, -0.25) is 14.6 Å². The van der Waals surface area contributed by atoms with Gasteiger partial charge >= 0.3 is 12.1 Å². The smallest absolute Gasteiger partial charge is 0.339 e. The van der Waals surface area contributed by atoms with Gasteiger partial charge in [0.2, 0.25) is 11.8 Å². The van der Waals surface area contributed by atoms with Gasteiger partial charge in [0.1, 0.15) is 0 Å². The fourth-order valence-corrected chi connectivity index (χ4v) is 3.75. The lowest BCUT2D eigenvalue weighted by Gasteiger charge is -2.35. The number of carbonyl (C=O) groups excluding carboxylic acids is 1. The molecule has 0 bridgehead atoms. The van der Waals surface area contributed by atoms with Crippen molar-refractivity contribution in [1.82, 2.24) is 25.0 Å². The summed E-state index contributed by atoms with van der Waals surface area (Å²) in [5.41, 5.74) is 1.06. The molecule has 3 heterocycles. The molecule has 1 N–H and O–H groups in total. The van der Waals surface area contributed by atoms with Crippen LogP contribution in [0.4, 0.5) is 19.1 Å². The van der Waals surface area contributed by atoms with Crippen LogP contribution in [0.2, 0.25) is 0 Å². The molecule has 0 aliphatic carbocycles. The lowest BCUT2D eigenvalue weighted by molar-refractivity contribution is -0.159. The predicted molar refractivity (Wildman–Crippen MR) is 115 cm³/mol. The molecule has 12 heteroatoms. The van der Waals surface area contributed by atoms with Crippen LogP contribution in [0.1, 0.15) is 16.2 Å². The van der Waals surface area contributed by atoms with E-state index in [-0.39, 0.29) is 17.3 Å². The first-order valence-electron chi connectivity index (χ1n) is 10.3. The Labute approximate surface area is 189 Å². The first kappa shape index (κ1) is 21.6. The van der Waals surface area contributed by atoms with Crippen LogP contribution in [0.15, 0.2) is 57.8 Å². The number of aromatic nitrogens is 4. The summed E-state index contributed by atoms with van der Waals surface area (Å²) in [5, 5.41) is 3.85. The van der Waals surface area contributed by atoms with Crippen molar-refractivity contribution in [2.45, 2.75) is 6.18 Å². The van der Waals surface area contributed by atoms with E-state index < -0.39 is 12.1 Å². The molecule has 0 atom stereocenters. The van der Waals surface area contributed by atoms with Crippen molar-refractivity contribution in [3.8, 4) is 11.4 Å². The van der Waals surface area contributed by atoms with Gasteiger partial charge in [0, 0.05) is 37.3 Å². The number of alkyl halides is 3. The molecule has 5 rings (SSSR count). The standard InChI is InChI=1S/C22H17F3N6O3/c23-22(24,25)20-27-17(29-34-20)13-5-7-14(8-6-13)19(33)30-9-11-31(12-10-30)21-26-16-4-2-1-3-15(16)18(32)28-21/h1-8H,9-12H2,(H,26,28,32). The maximum atomic E-state index is 12.9. The van der Waals surface area contributed by atoms with E-state index in [1.54, 1.807) is 23.1 Å². The number of piperazine rings is 1. The van der Waals surface area contributed by atoms with Crippen molar-refractivity contribution in [3.05, 3.63) is 70.3 Å². The molecule has 9 nitrogen and oxygen atoms in total. The molecule has 2 aromatic carbocycles. The second-order valence-electron chi connectivity index (χ2n) is 7.68. The number of nitrogens with zero attached hydrogens (tertiary/aromatic N) is 5. The van der Waals surface area contributed by atoms with Crippen LogP contribution < -0.4 is 10.5 Å². The number of para-hydroxylation sites is 1. The number of amides is 1. The number of halogens is 3. The van der Waals surface area contributed by atoms with Crippen LogP contribution in [-0.4, -0.2) is 57.1 Å². The number of carbonyl (C=O) groups is 1. The van der Waals surface area contributed by atoms with Gasteiger partial charge in [0.05, 0.1) is 10.9 Å². The molecule has 0 spiro atoms. The monoisotopic (exact) mass is 470 g/mol. The fraction of sp³-hybridized carbons (Fsp3) is 0.227. The molecule has 1 saturated heterocycles. The Bertz CT molecular complexity index is 1410. The van der Waals surface area contributed by atoms with Crippen molar-refractivity contribution >= 4 is 22.8 Å². The van der Waals surface area contributed by atoms with Crippen LogP contribution in [-0.2, 0) is 6.18 Å². The molecule has 4 aromatic rings. The second-order valence-corrected chi connectivity index (χ2v) is 7.68. The van der Waals surface area contributed by atoms with Gasteiger partial charge < -0.3 is 14.3 Å². The van der Waals surface area contributed by atoms with Gasteiger partial charge in [-0.2, -0.15) is 18.2 Å². The third-order valence-electron chi connectivity index (χ3n) is 5.53. The third kappa shape index (κ3) is 4.09. The maximum Gasteiger partial charge on any atom is 0.471 e. The Hall–Kier alpha value is -4.22. The predicted octanol–water partition coefficient (Wildman–Crippen LogP) is 2.95. The number of fused-ring (bicyclic) bond motifs is 1. The lowest BCUT2D eigenvalue weighted by atomic mass is 10.1. The highest BCUT2D eigenvalue weighted by Crippen LogP contribution is 2.29. The topological polar surface area (TPSA) is 108 Å². The zero-order valence-corrected chi connectivity index (χ0v) is 17.5. The number of nitrogens with one attached hydrogen (secondary N) is 1. The highest BCUT2D eigenvalue weighted by atomic mass is 19.4. The van der Waals surface area contributed by atoms with E-state index in [9.17, 15) is 22.8 Å². The van der Waals surface area contributed by atoms with Crippen LogP contribution in [0.5, 0.6) is 0 Å². The largest absolute Gasteiger partial charge is 0.471 e. The molecule has 1 aliphatic rings. The van der Waals surface area contributed by atoms with E-state index in [0.29, 0.717) is 54.2 Å². The summed E-state index contributed by atoms with van der Waals surface area (Å²) >= 11 is 0. The first-order chi connectivity index (χ1) is 16.3. The SMILES string of the molecule is O=C(c1ccc(-c2noc(C(F)(F)F)n2)cc1)N1CCN(c2nc3ccccc3c(=O)[nH]2)CC1. The van der Waals surface area contributed by atoms with Crippen LogP contribution in [0, 0.1) is 0 Å². The fourth-order valence-electron chi connectivity index (χ4n) is 3.75. The highest BCUT2D eigenvalue weighted by molar-refractivity contribution is 5.94. The number of H-pyrrole nitrogens is 1. The summed E-state index contributed by atoms with van der Waals surface area (Å²) in [6.07, 6.45) is -4.72.